The van der Waals surface area contributed by atoms with Crippen molar-refractivity contribution in [2.45, 2.75) is 31.6 Å². The Labute approximate surface area is 120 Å². The number of methoxy groups -OCH3 is 2. The van der Waals surface area contributed by atoms with Crippen molar-refractivity contribution >= 4 is 11.8 Å². The van der Waals surface area contributed by atoms with E-state index in [1.807, 2.05) is 30.0 Å². The van der Waals surface area contributed by atoms with E-state index in [9.17, 15) is 0 Å². The van der Waals surface area contributed by atoms with Crippen LogP contribution >= 0.6 is 11.8 Å². The van der Waals surface area contributed by atoms with Gasteiger partial charge >= 0.3 is 0 Å². The van der Waals surface area contributed by atoms with E-state index in [-0.39, 0.29) is 10.8 Å². The fraction of sp³-hybridized carbons (Fsp3) is 0.571. The van der Waals surface area contributed by atoms with Crippen molar-refractivity contribution in [2.24, 2.45) is 5.84 Å². The van der Waals surface area contributed by atoms with Crippen molar-refractivity contribution in [3.05, 3.63) is 23.8 Å². The van der Waals surface area contributed by atoms with Crippen LogP contribution in [0.4, 0.5) is 0 Å². The van der Waals surface area contributed by atoms with Gasteiger partial charge in [0.1, 0.15) is 0 Å². The van der Waals surface area contributed by atoms with Gasteiger partial charge in [0.15, 0.2) is 11.5 Å². The molecule has 1 unspecified atom stereocenters. The van der Waals surface area contributed by atoms with Crippen LogP contribution in [0, 0.1) is 0 Å². The molecular weight excluding hydrogens is 260 g/mol. The Kier molecular flexibility index (Phi) is 5.97. The zero-order valence-electron chi connectivity index (χ0n) is 12.3. The molecule has 0 saturated carbocycles. The lowest BCUT2D eigenvalue weighted by Gasteiger charge is -2.23. The summed E-state index contributed by atoms with van der Waals surface area (Å²) in [4.78, 5) is 0. The van der Waals surface area contributed by atoms with E-state index >= 15 is 0 Å². The van der Waals surface area contributed by atoms with Gasteiger partial charge in [0, 0.05) is 10.5 Å². The number of ether oxygens (including phenoxy) is 2. The summed E-state index contributed by atoms with van der Waals surface area (Å²) >= 11 is 1.87. The van der Waals surface area contributed by atoms with Gasteiger partial charge in [-0.1, -0.05) is 26.8 Å². The normalized spacial score (nSPS) is 13.2. The standard InChI is InChI=1S/C14H24N2O2S/c1-14(2,3)19-9-11(16-15)10-6-7-12(17-4)13(8-10)18-5/h6-8,11,16H,9,15H2,1-5H3. The number of hydrazine groups is 1. The zero-order chi connectivity index (χ0) is 14.5. The molecule has 0 aliphatic rings. The highest BCUT2D eigenvalue weighted by molar-refractivity contribution is 8.00. The second-order valence-electron chi connectivity index (χ2n) is 5.26. The van der Waals surface area contributed by atoms with Crippen molar-refractivity contribution < 1.29 is 9.47 Å². The maximum Gasteiger partial charge on any atom is 0.161 e. The Hall–Kier alpha value is -0.910. The molecule has 3 N–H and O–H groups in total. The van der Waals surface area contributed by atoms with Gasteiger partial charge in [-0.05, 0) is 17.7 Å². The SMILES string of the molecule is COc1ccc(C(CSC(C)(C)C)NN)cc1OC. The Morgan fingerprint density at radius 2 is 1.84 bits per heavy atom. The second-order valence-corrected chi connectivity index (χ2v) is 7.10. The van der Waals surface area contributed by atoms with Crippen LogP contribution in [0.5, 0.6) is 11.5 Å². The van der Waals surface area contributed by atoms with Gasteiger partial charge in [0.25, 0.3) is 0 Å². The number of thioether (sulfide) groups is 1. The average molecular weight is 284 g/mol. The summed E-state index contributed by atoms with van der Waals surface area (Å²) in [5.41, 5.74) is 3.96. The molecule has 0 heterocycles. The molecule has 1 aromatic rings. The highest BCUT2D eigenvalue weighted by Crippen LogP contribution is 2.33. The van der Waals surface area contributed by atoms with E-state index in [0.29, 0.717) is 0 Å². The molecule has 0 spiro atoms. The molecule has 1 aromatic carbocycles. The first-order valence-electron chi connectivity index (χ1n) is 6.23. The van der Waals surface area contributed by atoms with Gasteiger partial charge < -0.3 is 9.47 Å². The molecule has 0 radical (unpaired) electrons. The second kappa shape index (κ2) is 7.03. The monoisotopic (exact) mass is 284 g/mol. The minimum absolute atomic E-state index is 0.0871. The van der Waals surface area contributed by atoms with Crippen LogP contribution in [0.2, 0.25) is 0 Å². The first-order valence-corrected chi connectivity index (χ1v) is 7.22. The predicted octanol–water partition coefficient (Wildman–Crippen LogP) is 2.74. The lowest BCUT2D eigenvalue weighted by molar-refractivity contribution is 0.354. The van der Waals surface area contributed by atoms with E-state index in [2.05, 4.69) is 26.2 Å². The summed E-state index contributed by atoms with van der Waals surface area (Å²) in [7, 11) is 3.27. The molecule has 0 aliphatic carbocycles. The molecular formula is C14H24N2O2S. The highest BCUT2D eigenvalue weighted by Gasteiger charge is 2.17. The first kappa shape index (κ1) is 16.1. The Morgan fingerprint density at radius 3 is 2.32 bits per heavy atom. The molecule has 1 rings (SSSR count). The zero-order valence-corrected chi connectivity index (χ0v) is 13.1. The fourth-order valence-corrected chi connectivity index (χ4v) is 2.60. The summed E-state index contributed by atoms with van der Waals surface area (Å²) in [6.07, 6.45) is 0. The van der Waals surface area contributed by atoms with E-state index in [4.69, 9.17) is 15.3 Å². The van der Waals surface area contributed by atoms with E-state index in [1.165, 1.54) is 0 Å². The fourth-order valence-electron chi connectivity index (χ4n) is 1.64. The molecule has 0 amide bonds. The maximum atomic E-state index is 5.66. The molecule has 4 nitrogen and oxygen atoms in total. The largest absolute Gasteiger partial charge is 0.493 e. The number of nitrogens with one attached hydrogen (secondary N) is 1. The Bertz CT molecular complexity index is 405. The lowest BCUT2D eigenvalue weighted by Crippen LogP contribution is -2.30. The Balaban J connectivity index is 2.86. The summed E-state index contributed by atoms with van der Waals surface area (Å²) < 4.78 is 10.8. The average Bonchev–Trinajstić information content (AvgIpc) is 2.37. The molecule has 108 valence electrons. The molecule has 1 atom stereocenters. The number of hydrogen-bond donors (Lipinski definition) is 2. The summed E-state index contributed by atoms with van der Waals surface area (Å²) in [6.45, 7) is 6.58. The number of nitrogens with two attached hydrogens (primary N) is 1. The van der Waals surface area contributed by atoms with Gasteiger partial charge in [-0.15, -0.1) is 0 Å². The number of benzene rings is 1. The third-order valence-electron chi connectivity index (χ3n) is 2.69. The maximum absolute atomic E-state index is 5.66. The van der Waals surface area contributed by atoms with Crippen molar-refractivity contribution in [1.82, 2.24) is 5.43 Å². The highest BCUT2D eigenvalue weighted by atomic mass is 32.2. The van der Waals surface area contributed by atoms with Crippen molar-refractivity contribution in [3.8, 4) is 11.5 Å². The first-order chi connectivity index (χ1) is 8.91. The lowest BCUT2D eigenvalue weighted by atomic mass is 10.1. The van der Waals surface area contributed by atoms with E-state index < -0.39 is 0 Å². The molecule has 0 aromatic heterocycles. The van der Waals surface area contributed by atoms with Crippen molar-refractivity contribution in [2.75, 3.05) is 20.0 Å². The van der Waals surface area contributed by atoms with Crippen LogP contribution in [0.3, 0.4) is 0 Å². The molecule has 19 heavy (non-hydrogen) atoms. The van der Waals surface area contributed by atoms with Gasteiger partial charge in [-0.25, -0.2) is 0 Å². The van der Waals surface area contributed by atoms with Crippen LogP contribution in [0.1, 0.15) is 32.4 Å². The van der Waals surface area contributed by atoms with Gasteiger partial charge in [0.05, 0.1) is 20.3 Å². The van der Waals surface area contributed by atoms with E-state index in [1.54, 1.807) is 14.2 Å². The van der Waals surface area contributed by atoms with Crippen molar-refractivity contribution in [3.63, 3.8) is 0 Å². The number of hydrogen-bond acceptors (Lipinski definition) is 5. The van der Waals surface area contributed by atoms with Gasteiger partial charge in [-0.3, -0.25) is 11.3 Å². The smallest absolute Gasteiger partial charge is 0.161 e. The molecule has 0 saturated heterocycles. The van der Waals surface area contributed by atoms with Crippen LogP contribution < -0.4 is 20.7 Å². The minimum atomic E-state index is 0.0871. The third-order valence-corrected chi connectivity index (χ3v) is 4.06. The summed E-state index contributed by atoms with van der Waals surface area (Å²) in [5.74, 6) is 8.01. The quantitative estimate of drug-likeness (QED) is 0.621. The van der Waals surface area contributed by atoms with Crippen LogP contribution in [0.15, 0.2) is 18.2 Å². The van der Waals surface area contributed by atoms with Crippen molar-refractivity contribution in [1.29, 1.82) is 0 Å². The molecule has 0 bridgehead atoms. The van der Waals surface area contributed by atoms with Crippen LogP contribution in [-0.2, 0) is 0 Å². The summed E-state index contributed by atoms with van der Waals surface area (Å²) in [5, 5.41) is 0. The number of rotatable bonds is 6. The van der Waals surface area contributed by atoms with Gasteiger partial charge in [0.2, 0.25) is 0 Å². The van der Waals surface area contributed by atoms with Crippen LogP contribution in [0.25, 0.3) is 0 Å². The molecule has 5 heteroatoms. The summed E-state index contributed by atoms with van der Waals surface area (Å²) in [6, 6.07) is 5.96. The minimum Gasteiger partial charge on any atom is -0.493 e. The van der Waals surface area contributed by atoms with Crippen LogP contribution in [-0.4, -0.2) is 24.7 Å². The molecule has 0 aliphatic heterocycles. The van der Waals surface area contributed by atoms with Gasteiger partial charge in [-0.2, -0.15) is 11.8 Å². The van der Waals surface area contributed by atoms with E-state index in [0.717, 1.165) is 22.8 Å². The predicted molar refractivity (Wildman–Crippen MR) is 81.8 cm³/mol. The third kappa shape index (κ3) is 4.93. The topological polar surface area (TPSA) is 56.5 Å². The molecule has 0 fully saturated rings. The Morgan fingerprint density at radius 1 is 1.21 bits per heavy atom.